The number of hydrogen-bond donors (Lipinski definition) is 2. The van der Waals surface area contributed by atoms with Crippen molar-refractivity contribution < 1.29 is 9.59 Å². The molecule has 1 aromatic heterocycles. The number of carbonyl (C=O) groups is 2. The van der Waals surface area contributed by atoms with Crippen LogP contribution in [-0.2, 0) is 17.9 Å². The first kappa shape index (κ1) is 17.0. The molecule has 7 nitrogen and oxygen atoms in total. The molecule has 1 aromatic carbocycles. The van der Waals surface area contributed by atoms with Gasteiger partial charge in [0.15, 0.2) is 0 Å². The van der Waals surface area contributed by atoms with Crippen LogP contribution in [0.25, 0.3) is 0 Å². The fraction of sp³-hybridized carbons (Fsp3) is 0.389. The van der Waals surface area contributed by atoms with Crippen LogP contribution in [0.5, 0.6) is 0 Å². The summed E-state index contributed by atoms with van der Waals surface area (Å²) in [6, 6.07) is 9.54. The van der Waals surface area contributed by atoms with Gasteiger partial charge in [-0.1, -0.05) is 24.3 Å². The smallest absolute Gasteiger partial charge is 0.314 e. The molecule has 25 heavy (non-hydrogen) atoms. The van der Waals surface area contributed by atoms with Crippen LogP contribution in [0.4, 0.5) is 4.79 Å². The van der Waals surface area contributed by atoms with Crippen LogP contribution in [-0.4, -0.2) is 39.7 Å². The maximum Gasteiger partial charge on any atom is 0.314 e. The summed E-state index contributed by atoms with van der Waals surface area (Å²) >= 11 is 0. The summed E-state index contributed by atoms with van der Waals surface area (Å²) in [5.74, 6) is -0.202. The van der Waals surface area contributed by atoms with Crippen LogP contribution in [0.3, 0.4) is 0 Å². The highest BCUT2D eigenvalue weighted by molar-refractivity contribution is 5.80. The number of urea groups is 1. The predicted molar refractivity (Wildman–Crippen MR) is 93.5 cm³/mol. The summed E-state index contributed by atoms with van der Waals surface area (Å²) in [6.07, 6.45) is 5.28. The van der Waals surface area contributed by atoms with Crippen LogP contribution in [0, 0.1) is 5.92 Å². The number of hydrogen-bond acceptors (Lipinski definition) is 3. The number of piperidine rings is 1. The highest BCUT2D eigenvalue weighted by Crippen LogP contribution is 2.16. The molecule has 2 aromatic rings. The molecule has 0 saturated carbocycles. The fourth-order valence-corrected chi connectivity index (χ4v) is 3.07. The van der Waals surface area contributed by atoms with E-state index in [0.29, 0.717) is 19.6 Å². The highest BCUT2D eigenvalue weighted by atomic mass is 16.2. The summed E-state index contributed by atoms with van der Waals surface area (Å²) in [7, 11) is 0. The van der Waals surface area contributed by atoms with E-state index in [1.165, 1.54) is 4.90 Å². The lowest BCUT2D eigenvalue weighted by Gasteiger charge is -2.30. The fourth-order valence-electron chi connectivity index (χ4n) is 3.07. The van der Waals surface area contributed by atoms with Crippen LogP contribution in [0.15, 0.2) is 42.7 Å². The summed E-state index contributed by atoms with van der Waals surface area (Å²) in [5.41, 5.74) is 7.50. The minimum absolute atomic E-state index is 0.0217. The number of rotatable bonds is 5. The molecule has 132 valence electrons. The Hall–Kier alpha value is -2.83. The molecule has 3 amide bonds. The Morgan fingerprint density at radius 3 is 2.68 bits per heavy atom. The van der Waals surface area contributed by atoms with E-state index < -0.39 is 6.03 Å². The third-order valence-corrected chi connectivity index (χ3v) is 4.50. The van der Waals surface area contributed by atoms with Gasteiger partial charge in [0, 0.05) is 32.0 Å². The second-order valence-corrected chi connectivity index (χ2v) is 6.36. The van der Waals surface area contributed by atoms with Gasteiger partial charge in [0.25, 0.3) is 0 Å². The molecular formula is C18H23N5O2. The van der Waals surface area contributed by atoms with E-state index in [1.807, 2.05) is 41.2 Å². The highest BCUT2D eigenvalue weighted by Gasteiger charge is 2.27. The van der Waals surface area contributed by atoms with Crippen molar-refractivity contribution in [2.75, 3.05) is 13.1 Å². The Bertz CT molecular complexity index is 712. The molecule has 0 spiro atoms. The van der Waals surface area contributed by atoms with Gasteiger partial charge >= 0.3 is 6.03 Å². The average molecular weight is 341 g/mol. The van der Waals surface area contributed by atoms with Gasteiger partial charge in [-0.05, 0) is 30.0 Å². The van der Waals surface area contributed by atoms with Crippen LogP contribution >= 0.6 is 0 Å². The zero-order valence-corrected chi connectivity index (χ0v) is 14.1. The van der Waals surface area contributed by atoms with Gasteiger partial charge in [-0.3, -0.25) is 9.48 Å². The van der Waals surface area contributed by atoms with Gasteiger partial charge in [0.05, 0.1) is 12.5 Å². The van der Waals surface area contributed by atoms with Crippen molar-refractivity contribution in [1.29, 1.82) is 0 Å². The number of nitrogens with one attached hydrogen (secondary N) is 1. The molecule has 1 aliphatic rings. The second-order valence-electron chi connectivity index (χ2n) is 6.36. The molecular weight excluding hydrogens is 318 g/mol. The maximum atomic E-state index is 12.3. The first-order chi connectivity index (χ1) is 12.1. The monoisotopic (exact) mass is 341 g/mol. The van der Waals surface area contributed by atoms with Crippen molar-refractivity contribution in [2.24, 2.45) is 11.7 Å². The van der Waals surface area contributed by atoms with E-state index in [2.05, 4.69) is 10.4 Å². The minimum atomic E-state index is -0.453. The number of nitrogens with zero attached hydrogens (tertiary/aromatic N) is 3. The minimum Gasteiger partial charge on any atom is -0.352 e. The number of likely N-dealkylation sites (tertiary alicyclic amines) is 1. The predicted octanol–water partition coefficient (Wildman–Crippen LogP) is 1.34. The summed E-state index contributed by atoms with van der Waals surface area (Å²) in [5, 5.41) is 7.14. The molecule has 0 aliphatic carbocycles. The largest absolute Gasteiger partial charge is 0.352 e. The quantitative estimate of drug-likeness (QED) is 0.859. The number of nitrogens with two attached hydrogens (primary N) is 1. The van der Waals surface area contributed by atoms with E-state index in [4.69, 9.17) is 5.73 Å². The molecule has 1 aliphatic heterocycles. The number of benzene rings is 1. The Kier molecular flexibility index (Phi) is 5.33. The van der Waals surface area contributed by atoms with Crippen LogP contribution in [0.1, 0.15) is 24.0 Å². The van der Waals surface area contributed by atoms with Crippen LogP contribution < -0.4 is 11.1 Å². The number of carbonyl (C=O) groups excluding carboxylic acids is 2. The van der Waals surface area contributed by atoms with Crippen molar-refractivity contribution in [2.45, 2.75) is 25.9 Å². The van der Waals surface area contributed by atoms with E-state index in [0.717, 1.165) is 30.5 Å². The van der Waals surface area contributed by atoms with E-state index in [9.17, 15) is 9.59 Å². The number of aromatic nitrogens is 2. The first-order valence-electron chi connectivity index (χ1n) is 8.49. The average Bonchev–Trinajstić information content (AvgIpc) is 3.14. The third kappa shape index (κ3) is 4.59. The molecule has 1 atom stereocenters. The number of amides is 3. The Labute approximate surface area is 146 Å². The van der Waals surface area contributed by atoms with Gasteiger partial charge in [-0.25, -0.2) is 4.79 Å². The molecule has 1 fully saturated rings. The zero-order chi connectivity index (χ0) is 17.6. The van der Waals surface area contributed by atoms with Crippen molar-refractivity contribution in [1.82, 2.24) is 20.0 Å². The zero-order valence-electron chi connectivity index (χ0n) is 14.1. The summed E-state index contributed by atoms with van der Waals surface area (Å²) < 4.78 is 1.87. The van der Waals surface area contributed by atoms with Crippen LogP contribution in [0.2, 0.25) is 0 Å². The molecule has 3 N–H and O–H groups in total. The van der Waals surface area contributed by atoms with Gasteiger partial charge in [0.1, 0.15) is 0 Å². The van der Waals surface area contributed by atoms with Crippen molar-refractivity contribution >= 4 is 11.9 Å². The van der Waals surface area contributed by atoms with Crippen molar-refractivity contribution in [3.63, 3.8) is 0 Å². The second kappa shape index (κ2) is 7.83. The standard InChI is InChI=1S/C18H23N5O2/c19-18(25)22-9-1-3-16(13-22)17(24)20-11-14-4-6-15(7-5-14)12-23-10-2-8-21-23/h2,4-8,10,16H,1,3,9,11-13H2,(H2,19,25)(H,20,24). The molecule has 2 heterocycles. The summed E-state index contributed by atoms with van der Waals surface area (Å²) in [6.45, 7) is 2.25. The normalized spacial score (nSPS) is 17.3. The molecule has 1 saturated heterocycles. The van der Waals surface area contributed by atoms with Gasteiger partial charge < -0.3 is 16.0 Å². The third-order valence-electron chi connectivity index (χ3n) is 4.50. The SMILES string of the molecule is NC(=O)N1CCCC(C(=O)NCc2ccc(Cn3cccn3)cc2)C1. The first-order valence-corrected chi connectivity index (χ1v) is 8.49. The molecule has 0 radical (unpaired) electrons. The Balaban J connectivity index is 1.49. The van der Waals surface area contributed by atoms with Crippen molar-refractivity contribution in [3.8, 4) is 0 Å². The van der Waals surface area contributed by atoms with Gasteiger partial charge in [0.2, 0.25) is 5.91 Å². The van der Waals surface area contributed by atoms with Crippen molar-refractivity contribution in [3.05, 3.63) is 53.9 Å². The molecule has 1 unspecified atom stereocenters. The van der Waals surface area contributed by atoms with E-state index in [1.54, 1.807) is 6.20 Å². The topological polar surface area (TPSA) is 93.3 Å². The Morgan fingerprint density at radius 2 is 2.00 bits per heavy atom. The molecule has 7 heteroatoms. The maximum absolute atomic E-state index is 12.3. The van der Waals surface area contributed by atoms with Gasteiger partial charge in [-0.2, -0.15) is 5.10 Å². The van der Waals surface area contributed by atoms with E-state index in [-0.39, 0.29) is 11.8 Å². The number of primary amides is 1. The lowest BCUT2D eigenvalue weighted by Crippen LogP contribution is -2.47. The van der Waals surface area contributed by atoms with E-state index >= 15 is 0 Å². The molecule has 0 bridgehead atoms. The summed E-state index contributed by atoms with van der Waals surface area (Å²) in [4.78, 5) is 25.1. The lowest BCUT2D eigenvalue weighted by molar-refractivity contribution is -0.126. The lowest BCUT2D eigenvalue weighted by atomic mass is 9.97. The Morgan fingerprint density at radius 1 is 1.24 bits per heavy atom. The molecule has 3 rings (SSSR count). The van der Waals surface area contributed by atoms with Gasteiger partial charge in [-0.15, -0.1) is 0 Å².